The highest BCUT2D eigenvalue weighted by atomic mass is 19.1. The van der Waals surface area contributed by atoms with Crippen LogP contribution in [0.15, 0.2) is 18.2 Å². The van der Waals surface area contributed by atoms with Crippen molar-refractivity contribution in [1.29, 1.82) is 0 Å². The molecule has 0 radical (unpaired) electrons. The highest BCUT2D eigenvalue weighted by Gasteiger charge is 2.07. The van der Waals surface area contributed by atoms with E-state index in [-0.39, 0.29) is 5.75 Å². The van der Waals surface area contributed by atoms with E-state index < -0.39 is 5.82 Å². The summed E-state index contributed by atoms with van der Waals surface area (Å²) < 4.78 is 13.0. The molecule has 1 aromatic carbocycles. The molecule has 2 nitrogen and oxygen atoms in total. The van der Waals surface area contributed by atoms with E-state index in [1.807, 2.05) is 0 Å². The molecule has 1 rings (SSSR count). The molecule has 0 heterocycles. The Morgan fingerprint density at radius 3 is 2.62 bits per heavy atom. The summed E-state index contributed by atoms with van der Waals surface area (Å²) in [7, 11) is 0. The molecule has 2 N–H and O–H groups in total. The highest BCUT2D eigenvalue weighted by molar-refractivity contribution is 5.33. The van der Waals surface area contributed by atoms with E-state index in [0.29, 0.717) is 18.0 Å². The SMILES string of the molecule is CCC(CC)CNCc1cccc(F)c1O. The maximum absolute atomic E-state index is 13.0. The van der Waals surface area contributed by atoms with Crippen molar-refractivity contribution >= 4 is 0 Å². The number of para-hydroxylation sites is 1. The van der Waals surface area contributed by atoms with Crippen molar-refractivity contribution in [3.8, 4) is 5.75 Å². The molecule has 0 bridgehead atoms. The minimum atomic E-state index is -0.554. The Morgan fingerprint density at radius 1 is 1.31 bits per heavy atom. The van der Waals surface area contributed by atoms with Gasteiger partial charge in [0.05, 0.1) is 0 Å². The van der Waals surface area contributed by atoms with Gasteiger partial charge in [-0.3, -0.25) is 0 Å². The summed E-state index contributed by atoms with van der Waals surface area (Å²) in [5, 5.41) is 12.7. The lowest BCUT2D eigenvalue weighted by Crippen LogP contribution is -2.21. The maximum atomic E-state index is 13.0. The van der Waals surface area contributed by atoms with Gasteiger partial charge in [-0.05, 0) is 18.5 Å². The van der Waals surface area contributed by atoms with Gasteiger partial charge in [-0.2, -0.15) is 0 Å². The zero-order chi connectivity index (χ0) is 12.0. The summed E-state index contributed by atoms with van der Waals surface area (Å²) in [6.45, 7) is 5.74. The standard InChI is InChI=1S/C13H20FNO/c1-3-10(4-2)8-15-9-11-6-5-7-12(14)13(11)16/h5-7,10,15-16H,3-4,8-9H2,1-2H3. The van der Waals surface area contributed by atoms with Gasteiger partial charge in [0.25, 0.3) is 0 Å². The number of benzene rings is 1. The molecule has 0 spiro atoms. The second-order valence-corrected chi connectivity index (χ2v) is 4.06. The Labute approximate surface area is 96.5 Å². The topological polar surface area (TPSA) is 32.3 Å². The molecule has 0 saturated heterocycles. The Bertz CT molecular complexity index is 324. The van der Waals surface area contributed by atoms with E-state index in [9.17, 15) is 9.50 Å². The van der Waals surface area contributed by atoms with Crippen molar-refractivity contribution in [2.24, 2.45) is 5.92 Å². The van der Waals surface area contributed by atoms with Crippen molar-refractivity contribution in [3.63, 3.8) is 0 Å². The lowest BCUT2D eigenvalue weighted by atomic mass is 10.0. The van der Waals surface area contributed by atoms with Gasteiger partial charge in [0.1, 0.15) is 0 Å². The van der Waals surface area contributed by atoms with Gasteiger partial charge < -0.3 is 10.4 Å². The van der Waals surface area contributed by atoms with Crippen LogP contribution in [0.1, 0.15) is 32.3 Å². The molecule has 0 aliphatic rings. The van der Waals surface area contributed by atoms with Gasteiger partial charge in [0.15, 0.2) is 11.6 Å². The lowest BCUT2D eigenvalue weighted by Gasteiger charge is -2.13. The van der Waals surface area contributed by atoms with Crippen LogP contribution in [0.4, 0.5) is 4.39 Å². The second-order valence-electron chi connectivity index (χ2n) is 4.06. The monoisotopic (exact) mass is 225 g/mol. The lowest BCUT2D eigenvalue weighted by molar-refractivity contribution is 0.415. The molecule has 90 valence electrons. The van der Waals surface area contributed by atoms with Crippen LogP contribution < -0.4 is 5.32 Å². The summed E-state index contributed by atoms with van der Waals surface area (Å²) in [6.07, 6.45) is 2.28. The van der Waals surface area contributed by atoms with Gasteiger partial charge in [0.2, 0.25) is 0 Å². The van der Waals surface area contributed by atoms with Gasteiger partial charge >= 0.3 is 0 Å². The summed E-state index contributed by atoms with van der Waals surface area (Å²) in [6, 6.07) is 4.61. The molecule has 0 aliphatic carbocycles. The minimum Gasteiger partial charge on any atom is -0.505 e. The van der Waals surface area contributed by atoms with Crippen LogP contribution in [-0.4, -0.2) is 11.7 Å². The molecule has 16 heavy (non-hydrogen) atoms. The molecule has 0 unspecified atom stereocenters. The number of rotatable bonds is 6. The predicted octanol–water partition coefficient (Wildman–Crippen LogP) is 3.06. The molecule has 0 amide bonds. The van der Waals surface area contributed by atoms with E-state index >= 15 is 0 Å². The zero-order valence-electron chi connectivity index (χ0n) is 9.96. The average Bonchev–Trinajstić information content (AvgIpc) is 2.30. The second kappa shape index (κ2) is 6.48. The molecule has 3 heteroatoms. The smallest absolute Gasteiger partial charge is 0.165 e. The van der Waals surface area contributed by atoms with Gasteiger partial charge in [-0.15, -0.1) is 0 Å². The van der Waals surface area contributed by atoms with Crippen LogP contribution in [0.3, 0.4) is 0 Å². The molecule has 0 atom stereocenters. The van der Waals surface area contributed by atoms with Gasteiger partial charge in [-0.1, -0.05) is 38.8 Å². The van der Waals surface area contributed by atoms with E-state index in [2.05, 4.69) is 19.2 Å². The van der Waals surface area contributed by atoms with Crippen LogP contribution >= 0.6 is 0 Å². The summed E-state index contributed by atoms with van der Waals surface area (Å²) in [5.41, 5.74) is 0.617. The van der Waals surface area contributed by atoms with Crippen molar-refractivity contribution in [3.05, 3.63) is 29.6 Å². The van der Waals surface area contributed by atoms with Gasteiger partial charge in [-0.25, -0.2) is 4.39 Å². The zero-order valence-corrected chi connectivity index (χ0v) is 9.96. The average molecular weight is 225 g/mol. The van der Waals surface area contributed by atoms with Crippen molar-refractivity contribution in [2.75, 3.05) is 6.54 Å². The fourth-order valence-electron chi connectivity index (χ4n) is 1.69. The Kier molecular flexibility index (Phi) is 5.26. The molecule has 0 aliphatic heterocycles. The number of aromatic hydroxyl groups is 1. The van der Waals surface area contributed by atoms with Crippen LogP contribution in [0.25, 0.3) is 0 Å². The highest BCUT2D eigenvalue weighted by Crippen LogP contribution is 2.20. The number of nitrogens with one attached hydrogen (secondary N) is 1. The fraction of sp³-hybridized carbons (Fsp3) is 0.538. The normalized spacial score (nSPS) is 11.0. The van der Waals surface area contributed by atoms with Crippen molar-refractivity contribution < 1.29 is 9.50 Å². The number of halogens is 1. The fourth-order valence-corrected chi connectivity index (χ4v) is 1.69. The molecule has 0 aromatic heterocycles. The van der Waals surface area contributed by atoms with Crippen molar-refractivity contribution in [2.45, 2.75) is 33.2 Å². The third kappa shape index (κ3) is 3.49. The summed E-state index contributed by atoms with van der Waals surface area (Å²) in [5.74, 6) is -0.142. The Morgan fingerprint density at radius 2 is 2.00 bits per heavy atom. The largest absolute Gasteiger partial charge is 0.505 e. The van der Waals surface area contributed by atoms with Crippen LogP contribution in [0.2, 0.25) is 0 Å². The molecular weight excluding hydrogens is 205 g/mol. The first-order chi connectivity index (χ1) is 7.69. The van der Waals surface area contributed by atoms with Crippen LogP contribution in [0.5, 0.6) is 5.75 Å². The number of hydrogen-bond donors (Lipinski definition) is 2. The number of hydrogen-bond acceptors (Lipinski definition) is 2. The summed E-state index contributed by atoms with van der Waals surface area (Å²) in [4.78, 5) is 0. The van der Waals surface area contributed by atoms with E-state index in [0.717, 1.165) is 19.4 Å². The first kappa shape index (κ1) is 13.0. The van der Waals surface area contributed by atoms with E-state index in [1.54, 1.807) is 12.1 Å². The van der Waals surface area contributed by atoms with E-state index in [4.69, 9.17) is 0 Å². The molecule has 0 saturated carbocycles. The molecular formula is C13H20FNO. The molecule has 1 aromatic rings. The minimum absolute atomic E-state index is 0.237. The first-order valence-electron chi connectivity index (χ1n) is 5.86. The van der Waals surface area contributed by atoms with Crippen LogP contribution in [0, 0.1) is 11.7 Å². The third-order valence-corrected chi connectivity index (χ3v) is 2.97. The first-order valence-corrected chi connectivity index (χ1v) is 5.86. The number of phenols is 1. The molecule has 0 fully saturated rings. The van der Waals surface area contributed by atoms with Crippen LogP contribution in [-0.2, 0) is 6.54 Å². The van der Waals surface area contributed by atoms with Crippen molar-refractivity contribution in [1.82, 2.24) is 5.32 Å². The van der Waals surface area contributed by atoms with Gasteiger partial charge in [0, 0.05) is 12.1 Å². The predicted molar refractivity (Wildman–Crippen MR) is 63.8 cm³/mol. The summed E-state index contributed by atoms with van der Waals surface area (Å²) >= 11 is 0. The Hall–Kier alpha value is -1.09. The number of phenolic OH excluding ortho intramolecular Hbond substituents is 1. The van der Waals surface area contributed by atoms with E-state index in [1.165, 1.54) is 6.07 Å². The third-order valence-electron chi connectivity index (χ3n) is 2.97. The Balaban J connectivity index is 2.46. The maximum Gasteiger partial charge on any atom is 0.165 e. The quantitative estimate of drug-likeness (QED) is 0.780.